The number of sulfonamides is 1. The second-order valence-corrected chi connectivity index (χ2v) is 7.20. The van der Waals surface area contributed by atoms with Gasteiger partial charge in [-0.1, -0.05) is 32.6 Å². The molecule has 0 saturated carbocycles. The van der Waals surface area contributed by atoms with Crippen LogP contribution in [0.4, 0.5) is 0 Å². The van der Waals surface area contributed by atoms with Gasteiger partial charge < -0.3 is 4.90 Å². The molecular formula is C13H26N2O3S. The maximum absolute atomic E-state index is 12.0. The molecule has 1 rings (SSSR count). The Labute approximate surface area is 116 Å². The number of rotatable bonds is 7. The van der Waals surface area contributed by atoms with Crippen LogP contribution in [0.15, 0.2) is 0 Å². The molecule has 6 heteroatoms. The molecule has 5 nitrogen and oxygen atoms in total. The van der Waals surface area contributed by atoms with Crippen LogP contribution in [0.1, 0.15) is 58.3 Å². The lowest BCUT2D eigenvalue weighted by Crippen LogP contribution is -2.47. The summed E-state index contributed by atoms with van der Waals surface area (Å²) in [4.78, 5) is 13.7. The van der Waals surface area contributed by atoms with Crippen molar-refractivity contribution in [1.29, 1.82) is 0 Å². The van der Waals surface area contributed by atoms with E-state index in [9.17, 15) is 13.2 Å². The molecule has 0 radical (unpaired) electrons. The fourth-order valence-corrected chi connectivity index (χ4v) is 3.35. The van der Waals surface area contributed by atoms with Crippen LogP contribution in [0.5, 0.6) is 0 Å². The summed E-state index contributed by atoms with van der Waals surface area (Å²) < 4.78 is 22.7. The predicted molar refractivity (Wildman–Crippen MR) is 76.1 cm³/mol. The van der Waals surface area contributed by atoms with Crippen LogP contribution in [0.3, 0.4) is 0 Å². The van der Waals surface area contributed by atoms with Gasteiger partial charge in [0.1, 0.15) is 0 Å². The summed E-state index contributed by atoms with van der Waals surface area (Å²) in [5.41, 5.74) is 0. The lowest BCUT2D eigenvalue weighted by atomic mass is 10.1. The van der Waals surface area contributed by atoms with E-state index in [1.54, 1.807) is 4.90 Å². The molecule has 0 aliphatic carbocycles. The van der Waals surface area contributed by atoms with Gasteiger partial charge in [0.05, 0.1) is 5.25 Å². The summed E-state index contributed by atoms with van der Waals surface area (Å²) in [6.45, 7) is 3.10. The predicted octanol–water partition coefficient (Wildman–Crippen LogP) is 1.63. The average molecular weight is 290 g/mol. The first-order chi connectivity index (χ1) is 8.95. The molecule has 0 spiro atoms. The second kappa shape index (κ2) is 7.85. The SMILES string of the molecule is CCCCCCCC(=O)N1CCCC(S(N)(=O)=O)C1. The minimum absolute atomic E-state index is 0.0739. The van der Waals surface area contributed by atoms with Gasteiger partial charge in [-0.15, -0.1) is 0 Å². The fraction of sp³-hybridized carbons (Fsp3) is 0.923. The molecule has 1 aliphatic rings. The van der Waals surface area contributed by atoms with E-state index in [2.05, 4.69) is 6.92 Å². The summed E-state index contributed by atoms with van der Waals surface area (Å²) in [5.74, 6) is 0.0739. The first-order valence-electron chi connectivity index (χ1n) is 7.24. The number of hydrogen-bond donors (Lipinski definition) is 1. The molecule has 19 heavy (non-hydrogen) atoms. The smallest absolute Gasteiger partial charge is 0.222 e. The number of unbranched alkanes of at least 4 members (excludes halogenated alkanes) is 4. The maximum Gasteiger partial charge on any atom is 0.222 e. The highest BCUT2D eigenvalue weighted by Crippen LogP contribution is 2.17. The maximum atomic E-state index is 12.0. The summed E-state index contributed by atoms with van der Waals surface area (Å²) >= 11 is 0. The van der Waals surface area contributed by atoms with Crippen molar-refractivity contribution in [2.45, 2.75) is 63.5 Å². The minimum atomic E-state index is -3.52. The zero-order chi connectivity index (χ0) is 14.3. The Morgan fingerprint density at radius 3 is 2.58 bits per heavy atom. The second-order valence-electron chi connectivity index (χ2n) is 5.36. The largest absolute Gasteiger partial charge is 0.341 e. The standard InChI is InChI=1S/C13H26N2O3S/c1-2-3-4-5-6-9-13(16)15-10-7-8-12(11-15)19(14,17)18/h12H,2-11H2,1H3,(H2,14,17,18). The first-order valence-corrected chi connectivity index (χ1v) is 8.85. The van der Waals surface area contributed by atoms with Gasteiger partial charge in [-0.2, -0.15) is 0 Å². The lowest BCUT2D eigenvalue weighted by Gasteiger charge is -2.31. The molecule has 1 fully saturated rings. The lowest BCUT2D eigenvalue weighted by molar-refractivity contribution is -0.132. The molecule has 1 heterocycles. The fourth-order valence-electron chi connectivity index (χ4n) is 2.47. The Morgan fingerprint density at radius 2 is 1.95 bits per heavy atom. The first kappa shape index (κ1) is 16.4. The summed E-state index contributed by atoms with van der Waals surface area (Å²) in [6.07, 6.45) is 7.37. The van der Waals surface area contributed by atoms with E-state index < -0.39 is 15.3 Å². The molecule has 1 saturated heterocycles. The van der Waals surface area contributed by atoms with Crippen LogP contribution in [-0.2, 0) is 14.8 Å². The number of nitrogens with zero attached hydrogens (tertiary/aromatic N) is 1. The van der Waals surface area contributed by atoms with Gasteiger partial charge in [0, 0.05) is 19.5 Å². The van der Waals surface area contributed by atoms with E-state index in [1.807, 2.05) is 0 Å². The number of carbonyl (C=O) groups is 1. The Bertz CT molecular complexity index is 381. The molecule has 1 amide bonds. The quantitative estimate of drug-likeness (QED) is 0.724. The molecule has 1 aliphatic heterocycles. The van der Waals surface area contributed by atoms with Gasteiger partial charge in [-0.3, -0.25) is 4.79 Å². The summed E-state index contributed by atoms with van der Waals surface area (Å²) in [7, 11) is -3.52. The van der Waals surface area contributed by atoms with Gasteiger partial charge in [0.15, 0.2) is 0 Å². The third kappa shape index (κ3) is 5.91. The highest BCUT2D eigenvalue weighted by Gasteiger charge is 2.29. The molecule has 0 aromatic heterocycles. The van der Waals surface area contributed by atoms with Crippen molar-refractivity contribution in [3.8, 4) is 0 Å². The number of amides is 1. The summed E-state index contributed by atoms with van der Waals surface area (Å²) in [5, 5.41) is 4.58. The zero-order valence-electron chi connectivity index (χ0n) is 11.8. The number of primary sulfonamides is 1. The average Bonchev–Trinajstić information content (AvgIpc) is 2.37. The van der Waals surface area contributed by atoms with Crippen molar-refractivity contribution in [3.63, 3.8) is 0 Å². The number of likely N-dealkylation sites (tertiary alicyclic amines) is 1. The van der Waals surface area contributed by atoms with Gasteiger partial charge in [0.2, 0.25) is 15.9 Å². The molecule has 1 unspecified atom stereocenters. The van der Waals surface area contributed by atoms with Crippen LogP contribution in [0, 0.1) is 0 Å². The van der Waals surface area contributed by atoms with E-state index in [1.165, 1.54) is 19.3 Å². The highest BCUT2D eigenvalue weighted by molar-refractivity contribution is 7.89. The third-order valence-corrected chi connectivity index (χ3v) is 5.00. The van der Waals surface area contributed by atoms with Crippen LogP contribution in [0.25, 0.3) is 0 Å². The molecule has 1 atom stereocenters. The van der Waals surface area contributed by atoms with Gasteiger partial charge in [-0.05, 0) is 19.3 Å². The summed E-state index contributed by atoms with van der Waals surface area (Å²) in [6, 6.07) is 0. The normalized spacial score (nSPS) is 20.5. The van der Waals surface area contributed by atoms with Crippen LogP contribution < -0.4 is 5.14 Å². The molecule has 112 valence electrons. The molecular weight excluding hydrogens is 264 g/mol. The molecule has 0 aromatic rings. The van der Waals surface area contributed by atoms with Crippen molar-refractivity contribution in [2.75, 3.05) is 13.1 Å². The third-order valence-electron chi connectivity index (χ3n) is 3.69. The van der Waals surface area contributed by atoms with E-state index in [-0.39, 0.29) is 12.5 Å². The number of hydrogen-bond acceptors (Lipinski definition) is 3. The van der Waals surface area contributed by atoms with Crippen LogP contribution in [0.2, 0.25) is 0 Å². The van der Waals surface area contributed by atoms with E-state index >= 15 is 0 Å². The van der Waals surface area contributed by atoms with Gasteiger partial charge in [-0.25, -0.2) is 13.6 Å². The van der Waals surface area contributed by atoms with Crippen molar-refractivity contribution in [3.05, 3.63) is 0 Å². The van der Waals surface area contributed by atoms with Crippen LogP contribution in [-0.4, -0.2) is 37.6 Å². The van der Waals surface area contributed by atoms with Crippen molar-refractivity contribution < 1.29 is 13.2 Å². The highest BCUT2D eigenvalue weighted by atomic mass is 32.2. The van der Waals surface area contributed by atoms with E-state index in [0.29, 0.717) is 19.4 Å². The topological polar surface area (TPSA) is 80.5 Å². The van der Waals surface area contributed by atoms with Crippen molar-refractivity contribution in [1.82, 2.24) is 4.90 Å². The van der Waals surface area contributed by atoms with E-state index in [4.69, 9.17) is 5.14 Å². The Morgan fingerprint density at radius 1 is 1.26 bits per heavy atom. The number of nitrogens with two attached hydrogens (primary N) is 1. The molecule has 0 bridgehead atoms. The molecule has 2 N–H and O–H groups in total. The minimum Gasteiger partial charge on any atom is -0.341 e. The Hall–Kier alpha value is -0.620. The Kier molecular flexibility index (Phi) is 6.79. The zero-order valence-corrected chi connectivity index (χ0v) is 12.6. The number of carbonyl (C=O) groups excluding carboxylic acids is 1. The van der Waals surface area contributed by atoms with E-state index in [0.717, 1.165) is 19.3 Å². The van der Waals surface area contributed by atoms with Crippen LogP contribution >= 0.6 is 0 Å². The van der Waals surface area contributed by atoms with Crippen molar-refractivity contribution in [2.24, 2.45) is 5.14 Å². The van der Waals surface area contributed by atoms with Gasteiger partial charge in [0.25, 0.3) is 0 Å². The molecule has 0 aromatic carbocycles. The Balaban J connectivity index is 2.32. The van der Waals surface area contributed by atoms with Gasteiger partial charge >= 0.3 is 0 Å². The monoisotopic (exact) mass is 290 g/mol. The number of piperidine rings is 1. The van der Waals surface area contributed by atoms with Crippen molar-refractivity contribution >= 4 is 15.9 Å².